The number of amides is 1. The van der Waals surface area contributed by atoms with Crippen LogP contribution in [0.4, 0.5) is 14.5 Å². The highest BCUT2D eigenvalue weighted by Gasteiger charge is 2.29. The van der Waals surface area contributed by atoms with Gasteiger partial charge in [-0.1, -0.05) is 6.07 Å². The Labute approximate surface area is 118 Å². The first kappa shape index (κ1) is 16.8. The Bertz CT molecular complexity index is 524. The van der Waals surface area contributed by atoms with Gasteiger partial charge < -0.3 is 14.7 Å². The minimum absolute atomic E-state index is 0.0913. The zero-order valence-electron chi connectivity index (χ0n) is 11.2. The maximum Gasteiger partial charge on any atom is 0.285 e. The minimum atomic E-state index is -2.82. The molecule has 1 aromatic rings. The number of aliphatic hydroxyl groups excluding tert-OH is 1. The molecule has 0 atom stereocenters. The molecular weight excluding hydrogens is 290 g/mol. The molecule has 0 bridgehead atoms. The monoisotopic (exact) mass is 304 g/mol. The molecule has 1 N–H and O–H groups in total. The Morgan fingerprint density at radius 2 is 2.19 bits per heavy atom. The van der Waals surface area contributed by atoms with Crippen LogP contribution in [0.2, 0.25) is 0 Å². The quantitative estimate of drug-likeness (QED) is 0.605. The van der Waals surface area contributed by atoms with Crippen molar-refractivity contribution >= 4 is 11.6 Å². The summed E-state index contributed by atoms with van der Waals surface area (Å²) in [5.41, 5.74) is -0.962. The Morgan fingerprint density at radius 1 is 1.52 bits per heavy atom. The van der Waals surface area contributed by atoms with Crippen molar-refractivity contribution in [2.45, 2.75) is 6.43 Å². The van der Waals surface area contributed by atoms with Gasteiger partial charge in [0.2, 0.25) is 0 Å². The molecule has 116 valence electrons. The topological polar surface area (TPSA) is 92.9 Å². The lowest BCUT2D eigenvalue weighted by Gasteiger charge is -2.22. The van der Waals surface area contributed by atoms with Gasteiger partial charge in [0.05, 0.1) is 25.2 Å². The molecule has 21 heavy (non-hydrogen) atoms. The summed E-state index contributed by atoms with van der Waals surface area (Å²) in [4.78, 5) is 23.1. The van der Waals surface area contributed by atoms with E-state index in [1.165, 1.54) is 19.2 Å². The number of carbonyl (C=O) groups excluding carboxylic acids is 1. The van der Waals surface area contributed by atoms with Gasteiger partial charge in [0.1, 0.15) is 5.75 Å². The Morgan fingerprint density at radius 3 is 2.67 bits per heavy atom. The zero-order chi connectivity index (χ0) is 16.0. The number of halogens is 2. The molecule has 0 aliphatic carbocycles. The maximum atomic E-state index is 12.5. The van der Waals surface area contributed by atoms with Gasteiger partial charge in [0, 0.05) is 12.6 Å². The third-order valence-corrected chi connectivity index (χ3v) is 2.65. The van der Waals surface area contributed by atoms with E-state index in [9.17, 15) is 23.7 Å². The number of carbonyl (C=O) groups is 1. The molecule has 0 fully saturated rings. The van der Waals surface area contributed by atoms with E-state index in [1.807, 2.05) is 0 Å². The molecule has 0 unspecified atom stereocenters. The number of aliphatic hydroxyl groups is 1. The molecule has 0 spiro atoms. The van der Waals surface area contributed by atoms with Crippen LogP contribution in [0.15, 0.2) is 18.2 Å². The van der Waals surface area contributed by atoms with Gasteiger partial charge in [-0.15, -0.1) is 0 Å². The summed E-state index contributed by atoms with van der Waals surface area (Å²) in [5.74, 6) is -1.08. The predicted molar refractivity (Wildman–Crippen MR) is 68.6 cm³/mol. The maximum absolute atomic E-state index is 12.5. The number of nitrogens with zero attached hydrogens (tertiary/aromatic N) is 2. The third-order valence-electron chi connectivity index (χ3n) is 2.65. The summed E-state index contributed by atoms with van der Waals surface area (Å²) in [5, 5.41) is 19.8. The predicted octanol–water partition coefficient (Wildman–Crippen LogP) is 1.30. The molecule has 0 aromatic heterocycles. The number of ether oxygens (including phenoxy) is 1. The van der Waals surface area contributed by atoms with Crippen molar-refractivity contribution in [3.05, 3.63) is 33.9 Å². The van der Waals surface area contributed by atoms with Crippen molar-refractivity contribution in [2.75, 3.05) is 26.8 Å². The first-order valence-electron chi connectivity index (χ1n) is 5.92. The first-order valence-corrected chi connectivity index (χ1v) is 5.92. The lowest BCUT2D eigenvalue weighted by molar-refractivity contribution is -0.385. The molecule has 0 saturated heterocycles. The van der Waals surface area contributed by atoms with E-state index in [1.54, 1.807) is 0 Å². The molecule has 0 saturated carbocycles. The standard InChI is InChI=1S/C12H14F2N2O5/c1-21-9-4-2-3-8(16(19)20)11(9)12(18)15(5-6-17)7-10(13)14/h2-4,10,17H,5-7H2,1H3. The number of hydrogen-bond acceptors (Lipinski definition) is 5. The summed E-state index contributed by atoms with van der Waals surface area (Å²) < 4.78 is 29.9. The number of alkyl halides is 2. The average Bonchev–Trinajstić information content (AvgIpc) is 2.44. The van der Waals surface area contributed by atoms with Crippen molar-refractivity contribution in [2.24, 2.45) is 0 Å². The Hall–Kier alpha value is -2.29. The van der Waals surface area contributed by atoms with Crippen LogP contribution >= 0.6 is 0 Å². The van der Waals surface area contributed by atoms with Crippen molar-refractivity contribution in [1.29, 1.82) is 0 Å². The SMILES string of the molecule is COc1cccc([N+](=O)[O-])c1C(=O)N(CCO)CC(F)F. The van der Waals surface area contributed by atoms with Crippen LogP contribution in [-0.2, 0) is 0 Å². The van der Waals surface area contributed by atoms with Crippen LogP contribution < -0.4 is 4.74 Å². The lowest BCUT2D eigenvalue weighted by Crippen LogP contribution is -2.37. The van der Waals surface area contributed by atoms with Gasteiger partial charge in [-0.05, 0) is 6.07 Å². The van der Waals surface area contributed by atoms with Crippen LogP contribution in [0.1, 0.15) is 10.4 Å². The van der Waals surface area contributed by atoms with Crippen molar-refractivity contribution < 1.29 is 28.3 Å². The summed E-state index contributed by atoms with van der Waals surface area (Å²) in [6.07, 6.45) is -2.82. The molecule has 0 aliphatic heterocycles. The van der Waals surface area contributed by atoms with Crippen molar-refractivity contribution in [1.82, 2.24) is 4.90 Å². The van der Waals surface area contributed by atoms with Gasteiger partial charge >= 0.3 is 0 Å². The number of benzene rings is 1. The summed E-state index contributed by atoms with van der Waals surface area (Å²) in [7, 11) is 1.21. The Balaban J connectivity index is 3.28. The number of rotatable bonds is 7. The molecule has 1 aromatic carbocycles. The number of hydrogen-bond donors (Lipinski definition) is 1. The molecule has 1 rings (SSSR count). The second kappa shape index (κ2) is 7.48. The van der Waals surface area contributed by atoms with Crippen LogP contribution in [0.5, 0.6) is 5.75 Å². The molecule has 0 radical (unpaired) electrons. The second-order valence-electron chi connectivity index (χ2n) is 3.98. The van der Waals surface area contributed by atoms with Crippen molar-refractivity contribution in [3.8, 4) is 5.75 Å². The van der Waals surface area contributed by atoms with E-state index in [4.69, 9.17) is 9.84 Å². The highest BCUT2D eigenvalue weighted by Crippen LogP contribution is 2.29. The van der Waals surface area contributed by atoms with E-state index in [0.717, 1.165) is 6.07 Å². The fourth-order valence-corrected chi connectivity index (χ4v) is 1.78. The molecule has 0 aliphatic rings. The lowest BCUT2D eigenvalue weighted by atomic mass is 10.1. The number of methoxy groups -OCH3 is 1. The minimum Gasteiger partial charge on any atom is -0.496 e. The highest BCUT2D eigenvalue weighted by molar-refractivity contribution is 6.01. The number of nitro benzene ring substituents is 1. The van der Waals surface area contributed by atoms with Gasteiger partial charge in [0.25, 0.3) is 18.0 Å². The van der Waals surface area contributed by atoms with Crippen LogP contribution in [-0.4, -0.2) is 54.1 Å². The van der Waals surface area contributed by atoms with Crippen molar-refractivity contribution in [3.63, 3.8) is 0 Å². The molecular formula is C12H14F2N2O5. The van der Waals surface area contributed by atoms with E-state index < -0.39 is 41.7 Å². The van der Waals surface area contributed by atoms with Gasteiger partial charge in [-0.2, -0.15) is 0 Å². The van der Waals surface area contributed by atoms with Crippen LogP contribution in [0.25, 0.3) is 0 Å². The smallest absolute Gasteiger partial charge is 0.285 e. The summed E-state index contributed by atoms with van der Waals surface area (Å²) >= 11 is 0. The van der Waals surface area contributed by atoms with E-state index in [-0.39, 0.29) is 12.3 Å². The third kappa shape index (κ3) is 4.09. The second-order valence-corrected chi connectivity index (χ2v) is 3.98. The summed E-state index contributed by atoms with van der Waals surface area (Å²) in [6, 6.07) is 3.71. The van der Waals surface area contributed by atoms with Crippen LogP contribution in [0.3, 0.4) is 0 Å². The molecule has 7 nitrogen and oxygen atoms in total. The summed E-state index contributed by atoms with van der Waals surface area (Å²) in [6.45, 7) is -1.84. The number of nitro groups is 1. The average molecular weight is 304 g/mol. The van der Waals surface area contributed by atoms with E-state index >= 15 is 0 Å². The first-order chi connectivity index (χ1) is 9.92. The molecule has 1 amide bonds. The molecule has 9 heteroatoms. The fourth-order valence-electron chi connectivity index (χ4n) is 1.78. The van der Waals surface area contributed by atoms with E-state index in [2.05, 4.69) is 0 Å². The van der Waals surface area contributed by atoms with Gasteiger partial charge in [0.15, 0.2) is 5.56 Å². The largest absolute Gasteiger partial charge is 0.496 e. The normalized spacial score (nSPS) is 10.5. The highest BCUT2D eigenvalue weighted by atomic mass is 19.3. The molecule has 0 heterocycles. The van der Waals surface area contributed by atoms with Crippen LogP contribution in [0, 0.1) is 10.1 Å². The van der Waals surface area contributed by atoms with Gasteiger partial charge in [-0.3, -0.25) is 14.9 Å². The Kier molecular flexibility index (Phi) is 5.97. The fraction of sp³-hybridized carbons (Fsp3) is 0.417. The zero-order valence-corrected chi connectivity index (χ0v) is 11.2. The van der Waals surface area contributed by atoms with Gasteiger partial charge in [-0.25, -0.2) is 8.78 Å². The van der Waals surface area contributed by atoms with E-state index in [0.29, 0.717) is 4.90 Å².